The summed E-state index contributed by atoms with van der Waals surface area (Å²) in [6.07, 6.45) is 0. The lowest BCUT2D eigenvalue weighted by Crippen LogP contribution is -2.38. The van der Waals surface area contributed by atoms with Crippen LogP contribution < -0.4 is 18.9 Å². The summed E-state index contributed by atoms with van der Waals surface area (Å²) >= 11 is 0. The second-order valence-corrected chi connectivity index (χ2v) is 8.29. The lowest BCUT2D eigenvalue weighted by atomic mass is 9.96. The van der Waals surface area contributed by atoms with Crippen LogP contribution in [0.2, 0.25) is 0 Å². The molecule has 1 heterocycles. The van der Waals surface area contributed by atoms with Gasteiger partial charge in [0.2, 0.25) is 16.8 Å². The van der Waals surface area contributed by atoms with Crippen molar-refractivity contribution < 1.29 is 27.7 Å². The van der Waals surface area contributed by atoms with E-state index in [0.29, 0.717) is 23.7 Å². The van der Waals surface area contributed by atoms with Crippen molar-refractivity contribution in [2.24, 2.45) is 0 Å². The number of aliphatic hydroxyl groups is 1. The normalized spacial score (nSPS) is 15.4. The van der Waals surface area contributed by atoms with Crippen LogP contribution in [0.25, 0.3) is 0 Å². The van der Waals surface area contributed by atoms with Gasteiger partial charge in [-0.2, -0.15) is 0 Å². The van der Waals surface area contributed by atoms with Gasteiger partial charge in [-0.05, 0) is 56.2 Å². The minimum atomic E-state index is -3.88. The van der Waals surface area contributed by atoms with Crippen molar-refractivity contribution in [2.75, 3.05) is 19.9 Å². The van der Waals surface area contributed by atoms with Gasteiger partial charge < -0.3 is 19.3 Å². The quantitative estimate of drug-likeness (QED) is 0.750. The van der Waals surface area contributed by atoms with Crippen molar-refractivity contribution in [1.29, 1.82) is 0 Å². The number of fused-ring (bicyclic) bond motifs is 1. The topological polar surface area (TPSA) is 94.1 Å². The minimum absolute atomic E-state index is 0.0471. The second-order valence-electron chi connectivity index (χ2n) is 6.55. The van der Waals surface area contributed by atoms with Crippen LogP contribution in [0.4, 0.5) is 0 Å². The molecular weight excluding hydrogens is 370 g/mol. The molecule has 0 radical (unpaired) electrons. The molecule has 1 atom stereocenters. The zero-order chi connectivity index (χ0) is 19.7. The Morgan fingerprint density at radius 3 is 2.67 bits per heavy atom. The molecule has 0 aromatic heterocycles. The van der Waals surface area contributed by atoms with E-state index in [2.05, 4.69) is 4.72 Å². The molecule has 1 aliphatic heterocycles. The first-order chi connectivity index (χ1) is 12.7. The third-order valence-corrected chi connectivity index (χ3v) is 5.71. The van der Waals surface area contributed by atoms with E-state index in [4.69, 9.17) is 14.2 Å². The van der Waals surface area contributed by atoms with E-state index in [9.17, 15) is 13.5 Å². The molecular formula is C19H23NO6S. The summed E-state index contributed by atoms with van der Waals surface area (Å²) < 4.78 is 44.1. The first kappa shape index (κ1) is 19.5. The van der Waals surface area contributed by atoms with E-state index >= 15 is 0 Å². The second kappa shape index (κ2) is 7.38. The lowest BCUT2D eigenvalue weighted by molar-refractivity contribution is 0.0625. The van der Waals surface area contributed by atoms with Crippen LogP contribution in [0.1, 0.15) is 25.0 Å². The molecule has 0 aliphatic carbocycles. The number of aryl methyl sites for hydroxylation is 1. The van der Waals surface area contributed by atoms with Crippen molar-refractivity contribution in [1.82, 2.24) is 4.72 Å². The SMILES string of the molecule is CCOc1ccc(C)cc1S(=O)(=O)NCC(C)(O)c1ccc2c(c1)OCO2. The summed E-state index contributed by atoms with van der Waals surface area (Å²) in [5.41, 5.74) is -0.131. The fourth-order valence-corrected chi connectivity index (χ4v) is 4.11. The van der Waals surface area contributed by atoms with Crippen LogP contribution >= 0.6 is 0 Å². The molecule has 0 saturated heterocycles. The highest BCUT2D eigenvalue weighted by Gasteiger charge is 2.29. The van der Waals surface area contributed by atoms with Crippen LogP contribution in [0.5, 0.6) is 17.2 Å². The number of hydrogen-bond donors (Lipinski definition) is 2. The Morgan fingerprint density at radius 2 is 1.93 bits per heavy atom. The zero-order valence-corrected chi connectivity index (χ0v) is 16.3. The maximum absolute atomic E-state index is 12.8. The number of nitrogens with one attached hydrogen (secondary N) is 1. The van der Waals surface area contributed by atoms with Gasteiger partial charge in [-0.25, -0.2) is 13.1 Å². The predicted molar refractivity (Wildman–Crippen MR) is 99.7 cm³/mol. The van der Waals surface area contributed by atoms with Crippen LogP contribution in [-0.4, -0.2) is 33.5 Å². The summed E-state index contributed by atoms with van der Waals surface area (Å²) in [5.74, 6) is 1.39. The molecule has 2 N–H and O–H groups in total. The Labute approximate surface area is 158 Å². The molecule has 3 rings (SSSR count). The fraction of sp³-hybridized carbons (Fsp3) is 0.368. The molecule has 1 unspecified atom stereocenters. The molecule has 146 valence electrons. The smallest absolute Gasteiger partial charge is 0.244 e. The molecule has 0 saturated carbocycles. The van der Waals surface area contributed by atoms with Crippen LogP contribution in [0.3, 0.4) is 0 Å². The monoisotopic (exact) mass is 393 g/mol. The van der Waals surface area contributed by atoms with Gasteiger partial charge in [0.25, 0.3) is 0 Å². The van der Waals surface area contributed by atoms with Crippen LogP contribution in [0.15, 0.2) is 41.3 Å². The third-order valence-electron chi connectivity index (χ3n) is 4.29. The first-order valence-electron chi connectivity index (χ1n) is 8.58. The zero-order valence-electron chi connectivity index (χ0n) is 15.5. The van der Waals surface area contributed by atoms with Gasteiger partial charge >= 0.3 is 0 Å². The average molecular weight is 393 g/mol. The van der Waals surface area contributed by atoms with E-state index in [0.717, 1.165) is 5.56 Å². The summed E-state index contributed by atoms with van der Waals surface area (Å²) in [7, 11) is -3.88. The number of hydrogen-bond acceptors (Lipinski definition) is 6. The number of ether oxygens (including phenoxy) is 3. The van der Waals surface area contributed by atoms with Crippen molar-refractivity contribution >= 4 is 10.0 Å². The van der Waals surface area contributed by atoms with Crippen LogP contribution in [0, 0.1) is 6.92 Å². The first-order valence-corrected chi connectivity index (χ1v) is 10.1. The highest BCUT2D eigenvalue weighted by atomic mass is 32.2. The third kappa shape index (κ3) is 4.18. The van der Waals surface area contributed by atoms with Crippen molar-refractivity contribution in [3.63, 3.8) is 0 Å². The standard InChI is InChI=1S/C19H23NO6S/c1-4-24-16-7-5-13(2)9-18(16)27(22,23)20-11-19(3,21)14-6-8-15-17(10-14)26-12-25-15/h5-10,20-21H,4,11-12H2,1-3H3. The molecule has 0 fully saturated rings. The summed E-state index contributed by atoms with van der Waals surface area (Å²) in [6, 6.07) is 9.97. The highest BCUT2D eigenvalue weighted by molar-refractivity contribution is 7.89. The average Bonchev–Trinajstić information content (AvgIpc) is 3.09. The molecule has 0 amide bonds. The lowest BCUT2D eigenvalue weighted by Gasteiger charge is -2.25. The van der Waals surface area contributed by atoms with Crippen molar-refractivity contribution in [2.45, 2.75) is 31.3 Å². The largest absolute Gasteiger partial charge is 0.492 e. The Hall–Kier alpha value is -2.29. The minimum Gasteiger partial charge on any atom is -0.492 e. The Morgan fingerprint density at radius 1 is 1.19 bits per heavy atom. The van der Waals surface area contributed by atoms with Gasteiger partial charge in [-0.1, -0.05) is 12.1 Å². The molecule has 2 aromatic rings. The van der Waals surface area contributed by atoms with Gasteiger partial charge in [-0.3, -0.25) is 0 Å². The highest BCUT2D eigenvalue weighted by Crippen LogP contribution is 2.35. The molecule has 0 spiro atoms. The van der Waals surface area contributed by atoms with E-state index in [1.54, 1.807) is 50.2 Å². The van der Waals surface area contributed by atoms with Crippen molar-refractivity contribution in [3.05, 3.63) is 47.5 Å². The van der Waals surface area contributed by atoms with Gasteiger partial charge in [0.15, 0.2) is 11.5 Å². The predicted octanol–water partition coefficient (Wildman–Crippen LogP) is 2.31. The van der Waals surface area contributed by atoms with E-state index in [1.165, 1.54) is 6.92 Å². The van der Waals surface area contributed by atoms with E-state index in [1.807, 2.05) is 0 Å². The Balaban J connectivity index is 1.81. The number of benzene rings is 2. The molecule has 8 heteroatoms. The Bertz CT molecular complexity index is 939. The maximum Gasteiger partial charge on any atom is 0.244 e. The van der Waals surface area contributed by atoms with Gasteiger partial charge in [0.05, 0.1) is 6.61 Å². The summed E-state index contributed by atoms with van der Waals surface area (Å²) in [6.45, 7) is 5.38. The number of rotatable bonds is 7. The number of sulfonamides is 1. The molecule has 7 nitrogen and oxygen atoms in total. The molecule has 1 aliphatic rings. The van der Waals surface area contributed by atoms with Crippen molar-refractivity contribution in [3.8, 4) is 17.2 Å². The van der Waals surface area contributed by atoms with Crippen LogP contribution in [-0.2, 0) is 15.6 Å². The maximum atomic E-state index is 12.8. The molecule has 27 heavy (non-hydrogen) atoms. The molecule has 2 aromatic carbocycles. The van der Waals surface area contributed by atoms with Gasteiger partial charge in [0.1, 0.15) is 16.2 Å². The summed E-state index contributed by atoms with van der Waals surface area (Å²) in [4.78, 5) is 0.0471. The van der Waals surface area contributed by atoms with Gasteiger partial charge in [0, 0.05) is 6.54 Å². The van der Waals surface area contributed by atoms with Gasteiger partial charge in [-0.15, -0.1) is 0 Å². The Kier molecular flexibility index (Phi) is 5.32. The molecule has 0 bridgehead atoms. The van der Waals surface area contributed by atoms with E-state index < -0.39 is 15.6 Å². The van der Waals surface area contributed by atoms with E-state index in [-0.39, 0.29) is 24.0 Å². The summed E-state index contributed by atoms with van der Waals surface area (Å²) in [5, 5.41) is 10.8. The fourth-order valence-electron chi connectivity index (χ4n) is 2.75.